The van der Waals surface area contributed by atoms with Gasteiger partial charge < -0.3 is 10.2 Å². The van der Waals surface area contributed by atoms with Gasteiger partial charge >= 0.3 is 0 Å². The summed E-state index contributed by atoms with van der Waals surface area (Å²) >= 11 is 7.04. The topological polar surface area (TPSA) is 49.4 Å². The molecule has 1 atom stereocenters. The van der Waals surface area contributed by atoms with E-state index in [4.69, 9.17) is 11.6 Å². The SMILES string of the molecule is CCN(CC)C(=O)[C@H](Cc1ccccc1)NC(=O)SCc1ccc(Cl)cc1. The quantitative estimate of drug-likeness (QED) is 0.689. The van der Waals surface area contributed by atoms with Crippen LogP contribution in [0.3, 0.4) is 0 Å². The summed E-state index contributed by atoms with van der Waals surface area (Å²) in [6.45, 7) is 5.12. The minimum atomic E-state index is -0.572. The number of likely N-dealkylation sites (N-methyl/N-ethyl adjacent to an activating group) is 1. The normalized spacial score (nSPS) is 11.7. The molecule has 2 aromatic rings. The summed E-state index contributed by atoms with van der Waals surface area (Å²) in [6.07, 6.45) is 0.476. The van der Waals surface area contributed by atoms with Gasteiger partial charge in [0, 0.05) is 30.3 Å². The lowest BCUT2D eigenvalue weighted by molar-refractivity contribution is -0.132. The van der Waals surface area contributed by atoms with Gasteiger partial charge in [-0.2, -0.15) is 0 Å². The van der Waals surface area contributed by atoms with E-state index in [0.717, 1.165) is 22.9 Å². The molecule has 0 bridgehead atoms. The molecule has 27 heavy (non-hydrogen) atoms. The van der Waals surface area contributed by atoms with E-state index >= 15 is 0 Å². The van der Waals surface area contributed by atoms with Crippen molar-refractivity contribution in [1.82, 2.24) is 10.2 Å². The maximum atomic E-state index is 12.8. The van der Waals surface area contributed by atoms with Crippen LogP contribution in [-0.2, 0) is 17.0 Å². The highest BCUT2D eigenvalue weighted by molar-refractivity contribution is 8.12. The van der Waals surface area contributed by atoms with Crippen LogP contribution in [-0.4, -0.2) is 35.2 Å². The van der Waals surface area contributed by atoms with E-state index in [2.05, 4.69) is 5.32 Å². The Balaban J connectivity index is 2.02. The van der Waals surface area contributed by atoms with Crippen LogP contribution in [0.25, 0.3) is 0 Å². The molecule has 144 valence electrons. The highest BCUT2D eigenvalue weighted by atomic mass is 35.5. The first kappa shape index (κ1) is 21.3. The summed E-state index contributed by atoms with van der Waals surface area (Å²) in [4.78, 5) is 27.0. The fraction of sp³-hybridized carbons (Fsp3) is 0.333. The number of carbonyl (C=O) groups excluding carboxylic acids is 2. The second-order valence-corrected chi connectivity index (χ2v) is 7.48. The van der Waals surface area contributed by atoms with Gasteiger partial charge in [-0.25, -0.2) is 0 Å². The van der Waals surface area contributed by atoms with E-state index in [-0.39, 0.29) is 11.1 Å². The number of hydrogen-bond acceptors (Lipinski definition) is 3. The number of thioether (sulfide) groups is 1. The van der Waals surface area contributed by atoms with Gasteiger partial charge in [0.1, 0.15) is 6.04 Å². The maximum absolute atomic E-state index is 12.8. The fourth-order valence-electron chi connectivity index (χ4n) is 2.72. The van der Waals surface area contributed by atoms with E-state index in [1.54, 1.807) is 17.0 Å². The van der Waals surface area contributed by atoms with E-state index < -0.39 is 6.04 Å². The van der Waals surface area contributed by atoms with E-state index in [1.807, 2.05) is 56.3 Å². The molecule has 0 aromatic heterocycles. The Labute approximate surface area is 170 Å². The molecule has 0 aliphatic carbocycles. The number of hydrogen-bond donors (Lipinski definition) is 1. The van der Waals surface area contributed by atoms with Crippen molar-refractivity contribution in [2.75, 3.05) is 13.1 Å². The van der Waals surface area contributed by atoms with Crippen LogP contribution >= 0.6 is 23.4 Å². The summed E-state index contributed by atoms with van der Waals surface area (Å²) in [5, 5.41) is 3.37. The monoisotopic (exact) mass is 404 g/mol. The molecule has 0 fully saturated rings. The molecule has 6 heteroatoms. The Morgan fingerprint density at radius 3 is 2.22 bits per heavy atom. The van der Waals surface area contributed by atoms with Crippen LogP contribution in [0.5, 0.6) is 0 Å². The summed E-state index contributed by atoms with van der Waals surface area (Å²) < 4.78 is 0. The minimum Gasteiger partial charge on any atom is -0.341 e. The van der Waals surface area contributed by atoms with Gasteiger partial charge in [-0.1, -0.05) is 65.8 Å². The van der Waals surface area contributed by atoms with Crippen LogP contribution in [0.1, 0.15) is 25.0 Å². The molecular formula is C21H25ClN2O2S. The number of nitrogens with one attached hydrogen (secondary N) is 1. The highest BCUT2D eigenvalue weighted by Crippen LogP contribution is 2.17. The van der Waals surface area contributed by atoms with Crippen molar-refractivity contribution in [3.8, 4) is 0 Å². The molecule has 0 aliphatic rings. The second kappa shape index (κ2) is 11.0. The fourth-order valence-corrected chi connectivity index (χ4v) is 3.56. The van der Waals surface area contributed by atoms with Gasteiger partial charge in [-0.15, -0.1) is 0 Å². The first-order chi connectivity index (χ1) is 13.0. The molecule has 4 nitrogen and oxygen atoms in total. The lowest BCUT2D eigenvalue weighted by Gasteiger charge is -2.26. The summed E-state index contributed by atoms with van der Waals surface area (Å²) in [6, 6.07) is 16.6. The molecule has 0 saturated carbocycles. The van der Waals surface area contributed by atoms with Gasteiger partial charge in [-0.3, -0.25) is 9.59 Å². The van der Waals surface area contributed by atoms with Gasteiger partial charge in [0.2, 0.25) is 5.91 Å². The average Bonchev–Trinajstić information content (AvgIpc) is 2.68. The number of nitrogens with zero attached hydrogens (tertiary/aromatic N) is 1. The summed E-state index contributed by atoms with van der Waals surface area (Å²) in [7, 11) is 0. The van der Waals surface area contributed by atoms with E-state index in [1.165, 1.54) is 0 Å². The Bertz CT molecular complexity index is 734. The molecule has 2 aromatic carbocycles. The van der Waals surface area contributed by atoms with Crippen molar-refractivity contribution in [3.63, 3.8) is 0 Å². The number of amides is 2. The molecule has 1 N–H and O–H groups in total. The Morgan fingerprint density at radius 1 is 1.00 bits per heavy atom. The predicted molar refractivity (Wildman–Crippen MR) is 113 cm³/mol. The van der Waals surface area contributed by atoms with Gasteiger partial charge in [0.15, 0.2) is 0 Å². The largest absolute Gasteiger partial charge is 0.341 e. The average molecular weight is 405 g/mol. The number of carbonyl (C=O) groups is 2. The lowest BCUT2D eigenvalue weighted by Crippen LogP contribution is -2.48. The summed E-state index contributed by atoms with van der Waals surface area (Å²) in [5.74, 6) is 0.477. The number of rotatable bonds is 8. The van der Waals surface area contributed by atoms with Crippen molar-refractivity contribution < 1.29 is 9.59 Å². The number of halogens is 1. The number of benzene rings is 2. The van der Waals surface area contributed by atoms with Gasteiger partial charge in [-0.05, 0) is 37.1 Å². The predicted octanol–water partition coefficient (Wildman–Crippen LogP) is 4.76. The van der Waals surface area contributed by atoms with Crippen LogP contribution in [0.2, 0.25) is 5.02 Å². The van der Waals surface area contributed by atoms with Crippen molar-refractivity contribution in [3.05, 3.63) is 70.7 Å². The second-order valence-electron chi connectivity index (χ2n) is 6.10. The van der Waals surface area contributed by atoms with E-state index in [9.17, 15) is 9.59 Å². The molecule has 0 unspecified atom stereocenters. The maximum Gasteiger partial charge on any atom is 0.280 e. The van der Waals surface area contributed by atoms with E-state index in [0.29, 0.717) is 30.3 Å². The van der Waals surface area contributed by atoms with Crippen molar-refractivity contribution in [2.45, 2.75) is 32.1 Å². The minimum absolute atomic E-state index is 0.0516. The standard InChI is InChI=1S/C21H25ClN2O2S/c1-3-24(4-2)20(25)19(14-16-8-6-5-7-9-16)23-21(26)27-15-17-10-12-18(22)13-11-17/h5-13,19H,3-4,14-15H2,1-2H3,(H,23,26)/t19-/m0/s1. The molecule has 2 rings (SSSR count). The summed E-state index contributed by atoms with van der Waals surface area (Å²) in [5.41, 5.74) is 2.03. The molecule has 2 amide bonds. The Hall–Kier alpha value is -1.98. The zero-order valence-corrected chi connectivity index (χ0v) is 17.2. The van der Waals surface area contributed by atoms with Gasteiger partial charge in [0.05, 0.1) is 0 Å². The molecule has 0 saturated heterocycles. The zero-order chi connectivity index (χ0) is 19.6. The third kappa shape index (κ3) is 6.92. The molecular weight excluding hydrogens is 380 g/mol. The van der Waals surface area contributed by atoms with Crippen molar-refractivity contribution >= 4 is 34.5 Å². The van der Waals surface area contributed by atoms with Crippen LogP contribution < -0.4 is 5.32 Å². The molecule has 0 aliphatic heterocycles. The van der Waals surface area contributed by atoms with Crippen LogP contribution in [0.4, 0.5) is 4.79 Å². The highest BCUT2D eigenvalue weighted by Gasteiger charge is 2.25. The zero-order valence-electron chi connectivity index (χ0n) is 15.7. The molecule has 0 heterocycles. The Kier molecular flexibility index (Phi) is 8.69. The molecule has 0 spiro atoms. The lowest BCUT2D eigenvalue weighted by atomic mass is 10.0. The van der Waals surface area contributed by atoms with Crippen molar-refractivity contribution in [2.24, 2.45) is 0 Å². The third-order valence-corrected chi connectivity index (χ3v) is 5.34. The van der Waals surface area contributed by atoms with Gasteiger partial charge in [0.25, 0.3) is 5.24 Å². The van der Waals surface area contributed by atoms with Crippen molar-refractivity contribution in [1.29, 1.82) is 0 Å². The van der Waals surface area contributed by atoms with Crippen LogP contribution in [0, 0.1) is 0 Å². The molecule has 0 radical (unpaired) electrons. The van der Waals surface area contributed by atoms with Crippen LogP contribution in [0.15, 0.2) is 54.6 Å². The third-order valence-electron chi connectivity index (χ3n) is 4.23. The smallest absolute Gasteiger partial charge is 0.280 e. The first-order valence-electron chi connectivity index (χ1n) is 9.04. The first-order valence-corrected chi connectivity index (χ1v) is 10.4. The Morgan fingerprint density at radius 2 is 1.63 bits per heavy atom.